The number of hydrogen-bond acceptors (Lipinski definition) is 4. The third-order valence-electron chi connectivity index (χ3n) is 11.5. The smallest absolute Gasteiger partial charge is 0.254 e. The van der Waals surface area contributed by atoms with E-state index in [9.17, 15) is 20.1 Å². The molecule has 5 rings (SSSR count). The zero-order valence-corrected chi connectivity index (χ0v) is 25.6. The van der Waals surface area contributed by atoms with E-state index in [0.717, 1.165) is 30.4 Å². The van der Waals surface area contributed by atoms with Crippen molar-refractivity contribution in [3.63, 3.8) is 0 Å². The summed E-state index contributed by atoms with van der Waals surface area (Å²) in [6.45, 7) is 13.2. The van der Waals surface area contributed by atoms with Crippen molar-refractivity contribution in [2.24, 2.45) is 29.1 Å². The number of fused-ring (bicyclic) bond motifs is 1. The van der Waals surface area contributed by atoms with Gasteiger partial charge in [0.15, 0.2) is 0 Å². The van der Waals surface area contributed by atoms with Crippen LogP contribution >= 0.6 is 0 Å². The number of allylic oxidation sites excluding steroid dienone is 3. The van der Waals surface area contributed by atoms with Crippen LogP contribution in [0.25, 0.3) is 0 Å². The van der Waals surface area contributed by atoms with E-state index in [0.29, 0.717) is 37.1 Å². The molecule has 0 radical (unpaired) electrons. The maximum Gasteiger partial charge on any atom is 0.254 e. The van der Waals surface area contributed by atoms with Crippen LogP contribution in [0.2, 0.25) is 0 Å². The topological polar surface area (TPSA) is 81.0 Å². The third-order valence-corrected chi connectivity index (χ3v) is 11.5. The highest BCUT2D eigenvalue weighted by Crippen LogP contribution is 2.60. The minimum Gasteiger partial charge on any atom is -0.392 e. The third kappa shape index (κ3) is 5.87. The molecule has 1 amide bonds. The highest BCUT2D eigenvalue weighted by molar-refractivity contribution is 5.87. The molecule has 3 saturated carbocycles. The lowest BCUT2D eigenvalue weighted by Gasteiger charge is -2.45. The summed E-state index contributed by atoms with van der Waals surface area (Å²) in [7, 11) is 0. The Labute approximate surface area is 247 Å². The van der Waals surface area contributed by atoms with E-state index in [1.807, 2.05) is 30.0 Å². The second-order valence-electron chi connectivity index (χ2n) is 14.2. The predicted molar refractivity (Wildman–Crippen MR) is 164 cm³/mol. The summed E-state index contributed by atoms with van der Waals surface area (Å²) in [5.74, 6) is 1.27. The SMILES string of the molecule is C=C1/C(=C\C=C2/CCC[C@]3(C)[C@@H]([C@H](C)CC4CC(C)(O)C(=O)N4CCc4ccccc4)CC[C@@H]23)C[C@@H](O)[C@H](C)[C@@H]1O. The number of benzene rings is 1. The Balaban J connectivity index is 1.29. The van der Waals surface area contributed by atoms with Crippen LogP contribution in [-0.4, -0.2) is 56.5 Å². The maximum absolute atomic E-state index is 13.2. The molecule has 1 aromatic carbocycles. The molecule has 0 bridgehead atoms. The highest BCUT2D eigenvalue weighted by Gasteiger charge is 2.53. The monoisotopic (exact) mass is 561 g/mol. The number of carbonyl (C=O) groups is 1. The van der Waals surface area contributed by atoms with Crippen molar-refractivity contribution in [1.29, 1.82) is 0 Å². The highest BCUT2D eigenvalue weighted by atomic mass is 16.3. The van der Waals surface area contributed by atoms with Crippen molar-refractivity contribution in [2.75, 3.05) is 6.54 Å². The fourth-order valence-electron chi connectivity index (χ4n) is 8.97. The second kappa shape index (κ2) is 11.8. The molecule has 2 unspecified atom stereocenters. The van der Waals surface area contributed by atoms with Gasteiger partial charge in [0.25, 0.3) is 5.91 Å². The average Bonchev–Trinajstić information content (AvgIpc) is 3.40. The van der Waals surface area contributed by atoms with Crippen molar-refractivity contribution in [3.05, 3.63) is 71.3 Å². The van der Waals surface area contributed by atoms with Crippen LogP contribution in [0.5, 0.6) is 0 Å². The molecule has 224 valence electrons. The standard InChI is InChI=1S/C36H51NO4/c1-23(20-29-22-36(5,41)34(40)37(29)19-17-26-10-7-6-8-11-26)30-15-16-31-27(12-9-18-35(30,31)4)13-14-28-21-32(38)25(3)33(39)24(28)2/h6-8,10-11,13-14,23,25,29-33,38-39,41H,2,9,12,15-22H2,1,3-5H3/b27-13+,28-14-/t23-,25+,29?,30-,31+,32-,33-,35-,36?/m1/s1. The number of aliphatic hydroxyl groups excluding tert-OH is 2. The normalized spacial score (nSPS) is 40.4. The van der Waals surface area contributed by atoms with Gasteiger partial charge in [-0.05, 0) is 98.2 Å². The predicted octanol–water partition coefficient (Wildman–Crippen LogP) is 5.99. The fraction of sp³-hybridized carbons (Fsp3) is 0.639. The van der Waals surface area contributed by atoms with Crippen LogP contribution in [0.15, 0.2) is 65.8 Å². The van der Waals surface area contributed by atoms with Crippen molar-refractivity contribution in [1.82, 2.24) is 4.90 Å². The van der Waals surface area contributed by atoms with Gasteiger partial charge in [0, 0.05) is 24.9 Å². The van der Waals surface area contributed by atoms with Crippen LogP contribution in [-0.2, 0) is 11.2 Å². The lowest BCUT2D eigenvalue weighted by molar-refractivity contribution is -0.142. The Hall–Kier alpha value is -2.21. The van der Waals surface area contributed by atoms with E-state index >= 15 is 0 Å². The molecule has 5 nitrogen and oxygen atoms in total. The zero-order chi connectivity index (χ0) is 29.5. The van der Waals surface area contributed by atoms with Gasteiger partial charge in [-0.25, -0.2) is 0 Å². The molecule has 3 aliphatic carbocycles. The molecule has 9 atom stereocenters. The second-order valence-corrected chi connectivity index (χ2v) is 14.2. The summed E-state index contributed by atoms with van der Waals surface area (Å²) in [6.07, 6.45) is 11.9. The van der Waals surface area contributed by atoms with E-state index in [2.05, 4.69) is 44.7 Å². The molecule has 41 heavy (non-hydrogen) atoms. The first-order valence-electron chi connectivity index (χ1n) is 15.9. The summed E-state index contributed by atoms with van der Waals surface area (Å²) < 4.78 is 0. The van der Waals surface area contributed by atoms with Crippen LogP contribution in [0, 0.1) is 29.1 Å². The molecule has 1 aliphatic heterocycles. The summed E-state index contributed by atoms with van der Waals surface area (Å²) in [6, 6.07) is 10.4. The van der Waals surface area contributed by atoms with Gasteiger partial charge in [-0.2, -0.15) is 0 Å². The molecule has 3 N–H and O–H groups in total. The van der Waals surface area contributed by atoms with E-state index in [4.69, 9.17) is 0 Å². The fourth-order valence-corrected chi connectivity index (χ4v) is 8.97. The van der Waals surface area contributed by atoms with Gasteiger partial charge in [-0.15, -0.1) is 0 Å². The number of amides is 1. The van der Waals surface area contributed by atoms with Crippen molar-refractivity contribution >= 4 is 5.91 Å². The average molecular weight is 562 g/mol. The molecule has 1 saturated heterocycles. The van der Waals surface area contributed by atoms with Gasteiger partial charge in [-0.1, -0.05) is 75.4 Å². The molecule has 1 heterocycles. The van der Waals surface area contributed by atoms with Crippen molar-refractivity contribution < 1.29 is 20.1 Å². The first kappa shape index (κ1) is 30.3. The largest absolute Gasteiger partial charge is 0.392 e. The Morgan fingerprint density at radius 3 is 2.61 bits per heavy atom. The number of nitrogens with zero attached hydrogens (tertiary/aromatic N) is 1. The minimum absolute atomic E-state index is 0.0692. The Bertz CT molecular complexity index is 1190. The quantitative estimate of drug-likeness (QED) is 0.382. The molecule has 5 heteroatoms. The van der Waals surface area contributed by atoms with E-state index < -0.39 is 17.8 Å². The Morgan fingerprint density at radius 2 is 1.88 bits per heavy atom. The van der Waals surface area contributed by atoms with E-state index in [1.165, 1.54) is 36.8 Å². The Morgan fingerprint density at radius 1 is 1.15 bits per heavy atom. The van der Waals surface area contributed by atoms with Crippen LogP contribution < -0.4 is 0 Å². The molecule has 0 spiro atoms. The molecular formula is C36H51NO4. The molecule has 4 aliphatic rings. The number of rotatable bonds is 7. The lowest BCUT2D eigenvalue weighted by Crippen LogP contribution is -2.41. The van der Waals surface area contributed by atoms with Crippen molar-refractivity contribution in [3.8, 4) is 0 Å². The number of hydrogen-bond donors (Lipinski definition) is 3. The number of likely N-dealkylation sites (tertiary alicyclic amines) is 1. The van der Waals surface area contributed by atoms with E-state index in [1.54, 1.807) is 6.92 Å². The molecule has 4 fully saturated rings. The van der Waals surface area contributed by atoms with Gasteiger partial charge in [-0.3, -0.25) is 4.79 Å². The summed E-state index contributed by atoms with van der Waals surface area (Å²) >= 11 is 0. The van der Waals surface area contributed by atoms with Gasteiger partial charge in [0.05, 0.1) is 12.2 Å². The minimum atomic E-state index is -1.28. The summed E-state index contributed by atoms with van der Waals surface area (Å²) in [5.41, 5.74) is 3.38. The zero-order valence-electron chi connectivity index (χ0n) is 25.6. The van der Waals surface area contributed by atoms with E-state index in [-0.39, 0.29) is 23.3 Å². The van der Waals surface area contributed by atoms with Gasteiger partial charge in [0.2, 0.25) is 0 Å². The van der Waals surface area contributed by atoms with Crippen molar-refractivity contribution in [2.45, 2.75) is 109 Å². The summed E-state index contributed by atoms with van der Waals surface area (Å²) in [4.78, 5) is 15.2. The molecule has 1 aromatic rings. The van der Waals surface area contributed by atoms with Crippen LogP contribution in [0.3, 0.4) is 0 Å². The number of carbonyl (C=O) groups excluding carboxylic acids is 1. The Kier molecular flexibility index (Phi) is 8.72. The number of aliphatic hydroxyl groups is 3. The first-order valence-corrected chi connectivity index (χ1v) is 15.9. The van der Waals surface area contributed by atoms with Gasteiger partial charge < -0.3 is 20.2 Å². The summed E-state index contributed by atoms with van der Waals surface area (Å²) in [5, 5.41) is 31.9. The maximum atomic E-state index is 13.2. The van der Waals surface area contributed by atoms with Crippen LogP contribution in [0.1, 0.15) is 84.6 Å². The molecule has 0 aromatic heterocycles. The lowest BCUT2D eigenvalue weighted by atomic mass is 9.60. The van der Waals surface area contributed by atoms with Crippen LogP contribution in [0.4, 0.5) is 0 Å². The van der Waals surface area contributed by atoms with Gasteiger partial charge >= 0.3 is 0 Å². The molecular weight excluding hydrogens is 510 g/mol. The van der Waals surface area contributed by atoms with Gasteiger partial charge in [0.1, 0.15) is 5.60 Å². The first-order chi connectivity index (χ1) is 19.4.